The Balaban J connectivity index is 1.78. The summed E-state index contributed by atoms with van der Waals surface area (Å²) in [6, 6.07) is 28.3. The quantitative estimate of drug-likeness (QED) is 0.172. The molecule has 4 aromatic carbocycles. The number of nitrogens with zero attached hydrogens (tertiary/aromatic N) is 2. The van der Waals surface area contributed by atoms with Gasteiger partial charge in [0.25, 0.3) is 10.0 Å². The maximum atomic E-state index is 14.5. The van der Waals surface area contributed by atoms with Crippen molar-refractivity contribution in [2.24, 2.45) is 0 Å². The standard InChI is InChI=1S/C36H40FN3O5S/c1-4-27(3)38-36(42)34(24-28-12-8-6-9-13-28)39(25-29-14-10-7-11-15-29)35(41)26-40(31-18-16-30(37)17-19-31)46(43,44)33-22-20-32(21-23-33)45-5-2/h6-23,27,34H,4-5,24-26H2,1-3H3,(H,38,42)/t27-,34+/m1/s1. The summed E-state index contributed by atoms with van der Waals surface area (Å²) in [6.45, 7) is 5.51. The first-order valence-electron chi connectivity index (χ1n) is 15.3. The second-order valence-corrected chi connectivity index (χ2v) is 12.8. The van der Waals surface area contributed by atoms with Crippen LogP contribution in [0.1, 0.15) is 38.3 Å². The predicted octanol–water partition coefficient (Wildman–Crippen LogP) is 5.97. The van der Waals surface area contributed by atoms with Crippen LogP contribution in [0, 0.1) is 5.82 Å². The number of hydrogen-bond acceptors (Lipinski definition) is 5. The average molecular weight is 646 g/mol. The number of benzene rings is 4. The molecule has 0 saturated heterocycles. The van der Waals surface area contributed by atoms with Gasteiger partial charge in [0.05, 0.1) is 17.2 Å². The molecule has 0 bridgehead atoms. The van der Waals surface area contributed by atoms with Gasteiger partial charge in [0.1, 0.15) is 24.2 Å². The molecule has 8 nitrogen and oxygen atoms in total. The molecule has 0 aliphatic rings. The number of anilines is 1. The van der Waals surface area contributed by atoms with Gasteiger partial charge in [-0.3, -0.25) is 13.9 Å². The molecule has 0 aromatic heterocycles. The highest BCUT2D eigenvalue weighted by Gasteiger charge is 2.35. The normalized spacial score (nSPS) is 12.5. The zero-order valence-corrected chi connectivity index (χ0v) is 27.1. The second-order valence-electron chi connectivity index (χ2n) is 10.9. The lowest BCUT2D eigenvalue weighted by Gasteiger charge is -2.34. The summed E-state index contributed by atoms with van der Waals surface area (Å²) in [5, 5.41) is 3.02. The third-order valence-corrected chi connectivity index (χ3v) is 9.37. The van der Waals surface area contributed by atoms with Gasteiger partial charge in [-0.15, -0.1) is 0 Å². The molecule has 4 rings (SSSR count). The third kappa shape index (κ3) is 8.94. The number of carbonyl (C=O) groups is 2. The smallest absolute Gasteiger partial charge is 0.264 e. The van der Waals surface area contributed by atoms with E-state index in [9.17, 15) is 22.4 Å². The Morgan fingerprint density at radius 2 is 1.41 bits per heavy atom. The first-order chi connectivity index (χ1) is 22.1. The average Bonchev–Trinajstić information content (AvgIpc) is 3.06. The number of rotatable bonds is 15. The summed E-state index contributed by atoms with van der Waals surface area (Å²) in [5.41, 5.74) is 1.72. The van der Waals surface area contributed by atoms with Crippen LogP contribution < -0.4 is 14.4 Å². The van der Waals surface area contributed by atoms with Gasteiger partial charge in [0, 0.05) is 19.0 Å². The molecule has 10 heteroatoms. The van der Waals surface area contributed by atoms with Crippen molar-refractivity contribution >= 4 is 27.5 Å². The first-order valence-corrected chi connectivity index (χ1v) is 16.7. The number of ether oxygens (including phenoxy) is 1. The number of nitrogens with one attached hydrogen (secondary N) is 1. The molecule has 46 heavy (non-hydrogen) atoms. The Morgan fingerprint density at radius 1 is 0.826 bits per heavy atom. The first kappa shape index (κ1) is 34.2. The fourth-order valence-corrected chi connectivity index (χ4v) is 6.33. The minimum Gasteiger partial charge on any atom is -0.494 e. The monoisotopic (exact) mass is 645 g/mol. The molecule has 0 radical (unpaired) electrons. The van der Waals surface area contributed by atoms with Crippen molar-refractivity contribution in [3.63, 3.8) is 0 Å². The van der Waals surface area contributed by atoms with E-state index in [1.54, 1.807) is 0 Å². The van der Waals surface area contributed by atoms with Gasteiger partial charge in [-0.25, -0.2) is 12.8 Å². The molecule has 0 aliphatic carbocycles. The van der Waals surface area contributed by atoms with Crippen molar-refractivity contribution in [1.29, 1.82) is 0 Å². The predicted molar refractivity (Wildman–Crippen MR) is 177 cm³/mol. The largest absolute Gasteiger partial charge is 0.494 e. The zero-order chi connectivity index (χ0) is 33.1. The van der Waals surface area contributed by atoms with E-state index in [-0.39, 0.29) is 35.5 Å². The summed E-state index contributed by atoms with van der Waals surface area (Å²) in [7, 11) is -4.32. The number of amides is 2. The van der Waals surface area contributed by atoms with Gasteiger partial charge in [-0.05, 0) is 79.9 Å². The Morgan fingerprint density at radius 3 is 1.98 bits per heavy atom. The number of hydrogen-bond donors (Lipinski definition) is 1. The van der Waals surface area contributed by atoms with Gasteiger partial charge in [0.2, 0.25) is 11.8 Å². The maximum absolute atomic E-state index is 14.5. The van der Waals surface area contributed by atoms with Gasteiger partial charge >= 0.3 is 0 Å². The lowest BCUT2D eigenvalue weighted by molar-refractivity contribution is -0.140. The fraction of sp³-hybridized carbons (Fsp3) is 0.278. The Hall–Kier alpha value is -4.70. The van der Waals surface area contributed by atoms with Crippen LogP contribution in [0.15, 0.2) is 114 Å². The highest BCUT2D eigenvalue weighted by Crippen LogP contribution is 2.27. The second kappa shape index (κ2) is 16.0. The minimum atomic E-state index is -4.32. The topological polar surface area (TPSA) is 96.0 Å². The summed E-state index contributed by atoms with van der Waals surface area (Å²) < 4.78 is 48.6. The maximum Gasteiger partial charge on any atom is 0.264 e. The third-order valence-electron chi connectivity index (χ3n) is 7.58. The van der Waals surface area contributed by atoms with Crippen molar-refractivity contribution in [1.82, 2.24) is 10.2 Å². The number of carbonyl (C=O) groups excluding carboxylic acids is 2. The number of halogens is 1. The summed E-state index contributed by atoms with van der Waals surface area (Å²) >= 11 is 0. The van der Waals surface area contributed by atoms with E-state index >= 15 is 0 Å². The molecule has 0 heterocycles. The molecule has 4 aromatic rings. The van der Waals surface area contributed by atoms with E-state index in [1.807, 2.05) is 81.4 Å². The summed E-state index contributed by atoms with van der Waals surface area (Å²) in [4.78, 5) is 29.7. The summed E-state index contributed by atoms with van der Waals surface area (Å²) in [6.07, 6.45) is 0.902. The number of sulfonamides is 1. The molecule has 2 amide bonds. The highest BCUT2D eigenvalue weighted by molar-refractivity contribution is 7.92. The highest BCUT2D eigenvalue weighted by atomic mass is 32.2. The lowest BCUT2D eigenvalue weighted by atomic mass is 10.0. The van der Waals surface area contributed by atoms with Crippen LogP contribution in [0.3, 0.4) is 0 Å². The van der Waals surface area contributed by atoms with E-state index in [4.69, 9.17) is 4.74 Å². The van der Waals surface area contributed by atoms with Crippen LogP contribution in [0.2, 0.25) is 0 Å². The van der Waals surface area contributed by atoms with Crippen molar-refractivity contribution in [2.45, 2.75) is 57.1 Å². The van der Waals surface area contributed by atoms with Crippen LogP contribution >= 0.6 is 0 Å². The molecule has 2 atom stereocenters. The molecular formula is C36H40FN3O5S. The Labute approximate surface area is 270 Å². The van der Waals surface area contributed by atoms with Gasteiger partial charge in [0.15, 0.2) is 0 Å². The Bertz CT molecular complexity index is 1670. The molecule has 0 saturated carbocycles. The van der Waals surface area contributed by atoms with E-state index < -0.39 is 34.3 Å². The van der Waals surface area contributed by atoms with E-state index in [0.717, 1.165) is 27.6 Å². The van der Waals surface area contributed by atoms with Crippen LogP contribution in [0.4, 0.5) is 10.1 Å². The van der Waals surface area contributed by atoms with Gasteiger partial charge in [-0.2, -0.15) is 0 Å². The van der Waals surface area contributed by atoms with E-state index in [1.165, 1.54) is 41.3 Å². The van der Waals surface area contributed by atoms with E-state index in [2.05, 4.69) is 5.32 Å². The Kier molecular flexibility index (Phi) is 11.9. The van der Waals surface area contributed by atoms with Crippen LogP contribution in [0.5, 0.6) is 5.75 Å². The molecule has 1 N–H and O–H groups in total. The molecule has 242 valence electrons. The summed E-state index contributed by atoms with van der Waals surface area (Å²) in [5.74, 6) is -0.993. The zero-order valence-electron chi connectivity index (χ0n) is 26.3. The van der Waals surface area contributed by atoms with Crippen LogP contribution in [-0.4, -0.2) is 50.4 Å². The lowest BCUT2D eigenvalue weighted by Crippen LogP contribution is -2.54. The molecule has 0 fully saturated rings. The van der Waals surface area contributed by atoms with Crippen LogP contribution in [-0.2, 0) is 32.6 Å². The molecule has 0 aliphatic heterocycles. The van der Waals surface area contributed by atoms with Gasteiger partial charge < -0.3 is 15.0 Å². The molecule has 0 unspecified atom stereocenters. The van der Waals surface area contributed by atoms with E-state index in [0.29, 0.717) is 18.8 Å². The van der Waals surface area contributed by atoms with Gasteiger partial charge in [-0.1, -0.05) is 67.6 Å². The van der Waals surface area contributed by atoms with Crippen molar-refractivity contribution < 1.29 is 27.1 Å². The van der Waals surface area contributed by atoms with Crippen molar-refractivity contribution in [2.75, 3.05) is 17.5 Å². The van der Waals surface area contributed by atoms with Crippen molar-refractivity contribution in [3.05, 3.63) is 126 Å². The SMILES string of the molecule is CCOc1ccc(S(=O)(=O)N(CC(=O)N(Cc2ccccc2)[C@@H](Cc2ccccc2)C(=O)N[C@H](C)CC)c2ccc(F)cc2)cc1. The van der Waals surface area contributed by atoms with Crippen molar-refractivity contribution in [3.8, 4) is 5.75 Å². The molecule has 0 spiro atoms. The fourth-order valence-electron chi connectivity index (χ4n) is 4.91. The minimum absolute atomic E-state index is 0.0610. The van der Waals surface area contributed by atoms with Crippen LogP contribution in [0.25, 0.3) is 0 Å². The molecular weight excluding hydrogens is 605 g/mol.